The first-order chi connectivity index (χ1) is 10.1. The van der Waals surface area contributed by atoms with Gasteiger partial charge in [-0.05, 0) is 57.4 Å². The quantitative estimate of drug-likeness (QED) is 0.841. The molecule has 3 rings (SSSR count). The van der Waals surface area contributed by atoms with E-state index < -0.39 is 0 Å². The molecular weight excluding hydrogens is 276 g/mol. The molecule has 1 aromatic heterocycles. The minimum absolute atomic E-state index is 0.346. The number of rotatable bonds is 4. The standard InChI is InChI=1S/C18H24N2S/c1-13-12-16(15(3)21-13)14(2)19-17-8-4-5-9-18(17)20-10-6-7-11-20/h4-5,8-9,12,14,19H,6-7,10-11H2,1-3H3. The number of nitrogens with zero attached hydrogens (tertiary/aromatic N) is 1. The lowest BCUT2D eigenvalue weighted by molar-refractivity contribution is 0.875. The average molecular weight is 300 g/mol. The first-order valence-corrected chi connectivity index (χ1v) is 8.64. The van der Waals surface area contributed by atoms with E-state index in [9.17, 15) is 0 Å². The Bertz CT molecular complexity index is 611. The SMILES string of the molecule is Cc1cc(C(C)Nc2ccccc2N2CCCC2)c(C)s1. The number of para-hydroxylation sites is 2. The number of hydrogen-bond acceptors (Lipinski definition) is 3. The van der Waals surface area contributed by atoms with Crippen LogP contribution in [0.3, 0.4) is 0 Å². The maximum Gasteiger partial charge on any atom is 0.0602 e. The molecule has 1 aliphatic rings. The van der Waals surface area contributed by atoms with Crippen LogP contribution < -0.4 is 10.2 Å². The van der Waals surface area contributed by atoms with Gasteiger partial charge in [0.1, 0.15) is 0 Å². The molecule has 1 aromatic carbocycles. The van der Waals surface area contributed by atoms with E-state index in [1.54, 1.807) is 0 Å². The number of anilines is 2. The maximum absolute atomic E-state index is 3.72. The lowest BCUT2D eigenvalue weighted by Crippen LogP contribution is -2.20. The van der Waals surface area contributed by atoms with Gasteiger partial charge >= 0.3 is 0 Å². The van der Waals surface area contributed by atoms with Crippen molar-refractivity contribution in [2.45, 2.75) is 39.7 Å². The van der Waals surface area contributed by atoms with Crippen LogP contribution in [0.2, 0.25) is 0 Å². The summed E-state index contributed by atoms with van der Waals surface area (Å²) in [5, 5.41) is 3.72. The first-order valence-electron chi connectivity index (χ1n) is 7.82. The third-order valence-corrected chi connectivity index (χ3v) is 5.25. The summed E-state index contributed by atoms with van der Waals surface area (Å²) in [6.07, 6.45) is 2.62. The fourth-order valence-electron chi connectivity index (χ4n) is 3.22. The molecule has 1 aliphatic heterocycles. The second-order valence-corrected chi connectivity index (χ2v) is 7.41. The summed E-state index contributed by atoms with van der Waals surface area (Å²) in [4.78, 5) is 5.32. The molecule has 2 aromatic rings. The second-order valence-electron chi connectivity index (χ2n) is 5.95. The van der Waals surface area contributed by atoms with Crippen molar-refractivity contribution in [2.75, 3.05) is 23.3 Å². The Labute approximate surface area is 131 Å². The highest BCUT2D eigenvalue weighted by atomic mass is 32.1. The van der Waals surface area contributed by atoms with Crippen LogP contribution in [0.5, 0.6) is 0 Å². The second kappa shape index (κ2) is 6.10. The van der Waals surface area contributed by atoms with Crippen molar-refractivity contribution in [3.05, 3.63) is 45.6 Å². The molecule has 1 atom stereocenters. The van der Waals surface area contributed by atoms with Gasteiger partial charge in [-0.25, -0.2) is 0 Å². The molecular formula is C18H24N2S. The number of aryl methyl sites for hydroxylation is 2. The normalized spacial score (nSPS) is 16.2. The van der Waals surface area contributed by atoms with Gasteiger partial charge in [-0.3, -0.25) is 0 Å². The van der Waals surface area contributed by atoms with E-state index in [0.29, 0.717) is 6.04 Å². The summed E-state index contributed by atoms with van der Waals surface area (Å²) in [6.45, 7) is 9.03. The van der Waals surface area contributed by atoms with Crippen LogP contribution in [0, 0.1) is 13.8 Å². The largest absolute Gasteiger partial charge is 0.377 e. The third-order valence-electron chi connectivity index (χ3n) is 4.27. The van der Waals surface area contributed by atoms with E-state index in [0.717, 1.165) is 0 Å². The molecule has 0 radical (unpaired) electrons. The highest BCUT2D eigenvalue weighted by molar-refractivity contribution is 7.12. The third kappa shape index (κ3) is 3.08. The Morgan fingerprint density at radius 3 is 2.52 bits per heavy atom. The van der Waals surface area contributed by atoms with Crippen molar-refractivity contribution in [3.63, 3.8) is 0 Å². The molecule has 2 nitrogen and oxygen atoms in total. The summed E-state index contributed by atoms with van der Waals surface area (Å²) in [6, 6.07) is 11.4. The Morgan fingerprint density at radius 1 is 1.14 bits per heavy atom. The highest BCUT2D eigenvalue weighted by Crippen LogP contribution is 2.33. The Hall–Kier alpha value is -1.48. The molecule has 0 saturated carbocycles. The van der Waals surface area contributed by atoms with Crippen molar-refractivity contribution in [2.24, 2.45) is 0 Å². The number of nitrogens with one attached hydrogen (secondary N) is 1. The molecule has 2 heterocycles. The molecule has 21 heavy (non-hydrogen) atoms. The highest BCUT2D eigenvalue weighted by Gasteiger charge is 2.17. The van der Waals surface area contributed by atoms with Crippen LogP contribution in [0.1, 0.15) is 41.1 Å². The number of thiophene rings is 1. The van der Waals surface area contributed by atoms with Crippen LogP contribution in [-0.4, -0.2) is 13.1 Å². The Kier molecular flexibility index (Phi) is 4.20. The lowest BCUT2D eigenvalue weighted by Gasteiger charge is -2.24. The fourth-order valence-corrected chi connectivity index (χ4v) is 4.24. The summed E-state index contributed by atoms with van der Waals surface area (Å²) in [7, 11) is 0. The van der Waals surface area contributed by atoms with Crippen molar-refractivity contribution in [1.82, 2.24) is 0 Å². The van der Waals surface area contributed by atoms with Gasteiger partial charge < -0.3 is 10.2 Å². The number of benzene rings is 1. The molecule has 0 amide bonds. The maximum atomic E-state index is 3.72. The topological polar surface area (TPSA) is 15.3 Å². The zero-order chi connectivity index (χ0) is 14.8. The van der Waals surface area contributed by atoms with Gasteiger partial charge in [0.05, 0.1) is 11.4 Å². The predicted molar refractivity (Wildman–Crippen MR) is 93.7 cm³/mol. The van der Waals surface area contributed by atoms with Crippen molar-refractivity contribution >= 4 is 22.7 Å². The van der Waals surface area contributed by atoms with Crippen LogP contribution >= 0.6 is 11.3 Å². The molecule has 1 unspecified atom stereocenters. The summed E-state index contributed by atoms with van der Waals surface area (Å²) >= 11 is 1.89. The van der Waals surface area contributed by atoms with Crippen LogP contribution in [0.15, 0.2) is 30.3 Å². The molecule has 0 spiro atoms. The van der Waals surface area contributed by atoms with Crippen LogP contribution in [0.4, 0.5) is 11.4 Å². The van der Waals surface area contributed by atoms with Crippen molar-refractivity contribution in [3.8, 4) is 0 Å². The zero-order valence-electron chi connectivity index (χ0n) is 13.1. The van der Waals surface area contributed by atoms with Crippen LogP contribution in [-0.2, 0) is 0 Å². The molecule has 1 fully saturated rings. The van der Waals surface area contributed by atoms with Crippen molar-refractivity contribution in [1.29, 1.82) is 0 Å². The van der Waals surface area contributed by atoms with Gasteiger partial charge in [-0.2, -0.15) is 0 Å². The summed E-state index contributed by atoms with van der Waals surface area (Å²) < 4.78 is 0. The van der Waals surface area contributed by atoms with Gasteiger partial charge in [0.2, 0.25) is 0 Å². The lowest BCUT2D eigenvalue weighted by atomic mass is 10.1. The van der Waals surface area contributed by atoms with E-state index >= 15 is 0 Å². The van der Waals surface area contributed by atoms with E-state index in [2.05, 4.69) is 61.3 Å². The van der Waals surface area contributed by atoms with E-state index in [1.807, 2.05) is 11.3 Å². The van der Waals surface area contributed by atoms with Gasteiger partial charge in [0.25, 0.3) is 0 Å². The fraction of sp³-hybridized carbons (Fsp3) is 0.444. The molecule has 0 aliphatic carbocycles. The molecule has 1 saturated heterocycles. The number of hydrogen-bond donors (Lipinski definition) is 1. The minimum atomic E-state index is 0.346. The van der Waals surface area contributed by atoms with Crippen molar-refractivity contribution < 1.29 is 0 Å². The Balaban J connectivity index is 1.82. The molecule has 1 N–H and O–H groups in total. The van der Waals surface area contributed by atoms with E-state index in [1.165, 1.54) is 52.6 Å². The summed E-state index contributed by atoms with van der Waals surface area (Å²) in [5.41, 5.74) is 4.04. The molecule has 3 heteroatoms. The average Bonchev–Trinajstić information content (AvgIpc) is 3.09. The molecule has 0 bridgehead atoms. The van der Waals surface area contributed by atoms with E-state index in [4.69, 9.17) is 0 Å². The monoisotopic (exact) mass is 300 g/mol. The van der Waals surface area contributed by atoms with Gasteiger partial charge in [0.15, 0.2) is 0 Å². The minimum Gasteiger partial charge on any atom is -0.377 e. The van der Waals surface area contributed by atoms with Gasteiger partial charge in [-0.1, -0.05) is 12.1 Å². The first kappa shape index (κ1) is 14.5. The van der Waals surface area contributed by atoms with Gasteiger partial charge in [-0.15, -0.1) is 11.3 Å². The molecule has 112 valence electrons. The van der Waals surface area contributed by atoms with E-state index in [-0.39, 0.29) is 0 Å². The van der Waals surface area contributed by atoms with Gasteiger partial charge in [0, 0.05) is 28.9 Å². The zero-order valence-corrected chi connectivity index (χ0v) is 14.0. The van der Waals surface area contributed by atoms with Crippen LogP contribution in [0.25, 0.3) is 0 Å². The Morgan fingerprint density at radius 2 is 1.86 bits per heavy atom. The predicted octanol–water partition coefficient (Wildman–Crippen LogP) is 5.14. The summed E-state index contributed by atoms with van der Waals surface area (Å²) in [5.74, 6) is 0. The smallest absolute Gasteiger partial charge is 0.0602 e.